The Morgan fingerprint density at radius 3 is 2.92 bits per heavy atom. The van der Waals surface area contributed by atoms with E-state index in [4.69, 9.17) is 4.74 Å². The number of hydrogen-bond donors (Lipinski definition) is 2. The lowest BCUT2D eigenvalue weighted by Gasteiger charge is -2.66. The van der Waals surface area contributed by atoms with Gasteiger partial charge in [-0.1, -0.05) is 42.0 Å². The van der Waals surface area contributed by atoms with Gasteiger partial charge >= 0.3 is 0 Å². The number of benzene rings is 2. The number of piperidine rings is 1. The van der Waals surface area contributed by atoms with Crippen LogP contribution in [-0.4, -0.2) is 69.8 Å². The molecule has 2 aliphatic heterocycles. The largest absolute Gasteiger partial charge is 0.504 e. The summed E-state index contributed by atoms with van der Waals surface area (Å²) < 4.78 is 6.41. The summed E-state index contributed by atoms with van der Waals surface area (Å²) >= 11 is 0. The maximum absolute atomic E-state index is 13.5. The average molecular weight is 487 g/mol. The van der Waals surface area contributed by atoms with Crippen LogP contribution in [0.4, 0.5) is 0 Å². The van der Waals surface area contributed by atoms with Gasteiger partial charge in [0.25, 0.3) is 0 Å². The second-order valence-electron chi connectivity index (χ2n) is 10.9. The standard InChI is InChI=1S/C30H34N2O4/c1-4-15-32-16-14-29-25-12-11-23(31(3)26(34)13-8-20-7-5-6-19(2)17-20)30(29,35)24(32)18-21-9-10-22(33)28(36-25)27(21)29/h4-10,13,17,23-25,33,35H,1,11-12,14-16,18H2,2-3H3/b13-8+/t23?,24-,25?,29-,30-/m1/s1. The van der Waals surface area contributed by atoms with Crippen molar-refractivity contribution in [2.24, 2.45) is 0 Å². The Hall–Kier alpha value is -3.09. The van der Waals surface area contributed by atoms with Gasteiger partial charge in [0, 0.05) is 31.3 Å². The summed E-state index contributed by atoms with van der Waals surface area (Å²) in [5, 5.41) is 23.6. The summed E-state index contributed by atoms with van der Waals surface area (Å²) in [6.07, 6.45) is 7.82. The van der Waals surface area contributed by atoms with Crippen molar-refractivity contribution >= 4 is 12.0 Å². The second-order valence-corrected chi connectivity index (χ2v) is 10.9. The fraction of sp³-hybridized carbons (Fsp3) is 0.433. The quantitative estimate of drug-likeness (QED) is 0.499. The van der Waals surface area contributed by atoms with Crippen LogP contribution in [0.2, 0.25) is 0 Å². The van der Waals surface area contributed by atoms with Crippen molar-refractivity contribution in [3.8, 4) is 11.5 Å². The van der Waals surface area contributed by atoms with Crippen LogP contribution in [0.1, 0.15) is 41.5 Å². The maximum Gasteiger partial charge on any atom is 0.246 e. The van der Waals surface area contributed by atoms with E-state index in [9.17, 15) is 15.0 Å². The van der Waals surface area contributed by atoms with E-state index in [-0.39, 0.29) is 29.8 Å². The van der Waals surface area contributed by atoms with E-state index in [0.29, 0.717) is 38.0 Å². The topological polar surface area (TPSA) is 73.2 Å². The minimum Gasteiger partial charge on any atom is -0.504 e. The van der Waals surface area contributed by atoms with Gasteiger partial charge in [0.2, 0.25) is 5.91 Å². The molecule has 1 spiro atoms. The molecule has 6 rings (SSSR count). The summed E-state index contributed by atoms with van der Waals surface area (Å²) in [5.41, 5.74) is 2.33. The molecule has 6 heteroatoms. The number of rotatable bonds is 5. The van der Waals surface area contributed by atoms with E-state index < -0.39 is 11.0 Å². The zero-order valence-electron chi connectivity index (χ0n) is 21.0. The third-order valence-corrected chi connectivity index (χ3v) is 9.20. The predicted molar refractivity (Wildman–Crippen MR) is 139 cm³/mol. The van der Waals surface area contributed by atoms with Crippen LogP contribution in [0.5, 0.6) is 11.5 Å². The van der Waals surface area contributed by atoms with Crippen molar-refractivity contribution in [2.75, 3.05) is 20.1 Å². The number of likely N-dealkylation sites (N-methyl/N-ethyl adjacent to an activating group) is 1. The number of phenols is 1. The van der Waals surface area contributed by atoms with Gasteiger partial charge in [-0.2, -0.15) is 0 Å². The Balaban J connectivity index is 1.43. The molecule has 1 amide bonds. The molecule has 0 aromatic heterocycles. The highest BCUT2D eigenvalue weighted by Gasteiger charge is 2.74. The van der Waals surface area contributed by atoms with Crippen LogP contribution >= 0.6 is 0 Å². The number of aryl methyl sites for hydroxylation is 1. The van der Waals surface area contributed by atoms with Crippen molar-refractivity contribution in [1.29, 1.82) is 0 Å². The molecule has 2 aromatic rings. The third-order valence-electron chi connectivity index (χ3n) is 9.20. The Morgan fingerprint density at radius 1 is 1.31 bits per heavy atom. The Labute approximate surface area is 212 Å². The molecule has 2 aromatic carbocycles. The third kappa shape index (κ3) is 3.01. The second kappa shape index (κ2) is 8.22. The summed E-state index contributed by atoms with van der Waals surface area (Å²) in [7, 11) is 1.81. The summed E-state index contributed by atoms with van der Waals surface area (Å²) in [4.78, 5) is 17.5. The van der Waals surface area contributed by atoms with Gasteiger partial charge < -0.3 is 19.8 Å². The van der Waals surface area contributed by atoms with E-state index in [1.165, 1.54) is 0 Å². The SMILES string of the molecule is C=CCN1CC[C@]23c4c5ccc(O)c4OC2CCC(N(C)C(=O)/C=C/c2cccc(C)c2)[C@@]3(O)[C@H]1C5. The van der Waals surface area contributed by atoms with E-state index in [1.54, 1.807) is 17.0 Å². The van der Waals surface area contributed by atoms with Gasteiger partial charge in [-0.15, -0.1) is 6.58 Å². The first-order chi connectivity index (χ1) is 17.3. The lowest BCUT2D eigenvalue weighted by atomic mass is 9.47. The number of phenolic OH excluding ortho intramolecular Hbond substituents is 1. The molecule has 6 nitrogen and oxygen atoms in total. The number of likely N-dealkylation sites (tertiary alicyclic amines) is 1. The summed E-state index contributed by atoms with van der Waals surface area (Å²) in [6, 6.07) is 11.2. The molecule has 2 bridgehead atoms. The first-order valence-corrected chi connectivity index (χ1v) is 12.9. The molecule has 2 aliphatic carbocycles. The Bertz CT molecular complexity index is 1270. The van der Waals surface area contributed by atoms with E-state index >= 15 is 0 Å². The van der Waals surface area contributed by atoms with E-state index in [1.807, 2.05) is 56.5 Å². The molecule has 2 fully saturated rings. The zero-order chi connectivity index (χ0) is 25.2. The molecule has 5 atom stereocenters. The molecular weight excluding hydrogens is 452 g/mol. The van der Waals surface area contributed by atoms with Crippen molar-refractivity contribution in [3.05, 3.63) is 77.4 Å². The minimum atomic E-state index is -1.22. The van der Waals surface area contributed by atoms with Gasteiger partial charge in [0.15, 0.2) is 11.5 Å². The zero-order valence-corrected chi connectivity index (χ0v) is 21.0. The molecule has 1 saturated carbocycles. The number of amides is 1. The number of carbonyl (C=O) groups is 1. The van der Waals surface area contributed by atoms with Crippen molar-refractivity contribution in [1.82, 2.24) is 9.80 Å². The van der Waals surface area contributed by atoms with Crippen molar-refractivity contribution in [3.63, 3.8) is 0 Å². The minimum absolute atomic E-state index is 0.126. The fourth-order valence-electron chi connectivity index (χ4n) is 7.72. The summed E-state index contributed by atoms with van der Waals surface area (Å²) in [6.45, 7) is 7.47. The molecule has 36 heavy (non-hydrogen) atoms. The fourth-order valence-corrected chi connectivity index (χ4v) is 7.72. The number of nitrogens with zero attached hydrogens (tertiary/aromatic N) is 2. The van der Waals surface area contributed by atoms with Crippen LogP contribution < -0.4 is 4.74 Å². The molecule has 2 heterocycles. The average Bonchev–Trinajstić information content (AvgIpc) is 3.20. The number of hydrogen-bond acceptors (Lipinski definition) is 5. The molecule has 0 radical (unpaired) electrons. The smallest absolute Gasteiger partial charge is 0.246 e. The predicted octanol–water partition coefficient (Wildman–Crippen LogP) is 3.58. The Kier molecular flexibility index (Phi) is 5.32. The van der Waals surface area contributed by atoms with Gasteiger partial charge in [0.1, 0.15) is 11.7 Å². The van der Waals surface area contributed by atoms with Crippen molar-refractivity contribution < 1.29 is 19.7 Å². The van der Waals surface area contributed by atoms with E-state index in [0.717, 1.165) is 28.8 Å². The number of ether oxygens (including phenoxy) is 1. The van der Waals surface area contributed by atoms with Gasteiger partial charge in [0.05, 0.1) is 11.5 Å². The van der Waals surface area contributed by atoms with Crippen LogP contribution in [-0.2, 0) is 16.6 Å². The van der Waals surface area contributed by atoms with Crippen LogP contribution in [0.3, 0.4) is 0 Å². The van der Waals surface area contributed by atoms with E-state index in [2.05, 4.69) is 11.5 Å². The highest BCUT2D eigenvalue weighted by Crippen LogP contribution is 2.65. The molecule has 188 valence electrons. The normalized spacial score (nSPS) is 32.1. The lowest BCUT2D eigenvalue weighted by Crippen LogP contribution is -2.81. The summed E-state index contributed by atoms with van der Waals surface area (Å²) in [5.74, 6) is 0.536. The van der Waals surface area contributed by atoms with Crippen LogP contribution in [0.15, 0.2) is 55.1 Å². The van der Waals surface area contributed by atoms with Gasteiger partial charge in [-0.25, -0.2) is 0 Å². The number of aromatic hydroxyl groups is 1. The molecule has 2 N–H and O–H groups in total. The highest BCUT2D eigenvalue weighted by molar-refractivity contribution is 5.92. The molecule has 2 unspecified atom stereocenters. The Morgan fingerprint density at radius 2 is 2.14 bits per heavy atom. The first kappa shape index (κ1) is 23.3. The van der Waals surface area contributed by atoms with Crippen LogP contribution in [0, 0.1) is 6.92 Å². The monoisotopic (exact) mass is 486 g/mol. The van der Waals surface area contributed by atoms with Crippen LogP contribution in [0.25, 0.3) is 6.08 Å². The molecular formula is C30H34N2O4. The number of carbonyl (C=O) groups excluding carboxylic acids is 1. The first-order valence-electron chi connectivity index (χ1n) is 12.9. The molecule has 4 aliphatic rings. The van der Waals surface area contributed by atoms with Crippen molar-refractivity contribution in [2.45, 2.75) is 61.8 Å². The number of aliphatic hydroxyl groups is 1. The maximum atomic E-state index is 13.5. The highest BCUT2D eigenvalue weighted by atomic mass is 16.5. The van der Waals surface area contributed by atoms with Gasteiger partial charge in [-0.05, 0) is 62.4 Å². The molecule has 1 saturated heterocycles. The lowest BCUT2D eigenvalue weighted by molar-refractivity contribution is -0.215. The van der Waals surface area contributed by atoms with Gasteiger partial charge in [-0.3, -0.25) is 9.69 Å².